The van der Waals surface area contributed by atoms with E-state index in [4.69, 9.17) is 5.11 Å². The van der Waals surface area contributed by atoms with Gasteiger partial charge in [-0.3, -0.25) is 4.79 Å². The molecule has 1 atom stereocenters. The van der Waals surface area contributed by atoms with Gasteiger partial charge in [0.25, 0.3) is 5.91 Å². The number of carboxylic acids is 1. The van der Waals surface area contributed by atoms with Crippen molar-refractivity contribution >= 4 is 17.6 Å². The third kappa shape index (κ3) is 4.57. The number of unbranched alkanes of at least 4 members (excludes halogenated alkanes) is 1. The van der Waals surface area contributed by atoms with E-state index in [-0.39, 0.29) is 5.91 Å². The van der Waals surface area contributed by atoms with Crippen molar-refractivity contribution in [3.8, 4) is 0 Å². The molecular formula is C15H22N2O3. The van der Waals surface area contributed by atoms with Crippen LogP contribution in [0.15, 0.2) is 24.3 Å². The summed E-state index contributed by atoms with van der Waals surface area (Å²) in [5.74, 6) is -1.34. The fourth-order valence-electron chi connectivity index (χ4n) is 1.82. The number of benzene rings is 1. The van der Waals surface area contributed by atoms with Crippen LogP contribution in [-0.2, 0) is 4.79 Å². The van der Waals surface area contributed by atoms with Crippen LogP contribution >= 0.6 is 0 Å². The zero-order valence-electron chi connectivity index (χ0n) is 12.2. The predicted octanol–water partition coefficient (Wildman–Crippen LogP) is 2.13. The summed E-state index contributed by atoms with van der Waals surface area (Å²) in [7, 11) is 3.83. The number of carbonyl (C=O) groups is 2. The number of rotatable bonds is 7. The van der Waals surface area contributed by atoms with Gasteiger partial charge in [-0.05, 0) is 30.7 Å². The quantitative estimate of drug-likeness (QED) is 0.801. The Labute approximate surface area is 119 Å². The number of carbonyl (C=O) groups excluding carboxylic acids is 1. The van der Waals surface area contributed by atoms with Gasteiger partial charge in [0, 0.05) is 25.3 Å². The Bertz CT molecular complexity index is 455. The van der Waals surface area contributed by atoms with E-state index >= 15 is 0 Å². The van der Waals surface area contributed by atoms with Crippen molar-refractivity contribution in [2.45, 2.75) is 32.2 Å². The molecule has 5 heteroatoms. The van der Waals surface area contributed by atoms with Gasteiger partial charge in [-0.15, -0.1) is 0 Å². The van der Waals surface area contributed by atoms with Gasteiger partial charge in [0.1, 0.15) is 6.04 Å². The maximum Gasteiger partial charge on any atom is 0.326 e. The zero-order chi connectivity index (χ0) is 15.1. The van der Waals surface area contributed by atoms with Gasteiger partial charge >= 0.3 is 5.97 Å². The highest BCUT2D eigenvalue weighted by atomic mass is 16.4. The molecule has 0 heterocycles. The molecule has 1 aromatic rings. The lowest BCUT2D eigenvalue weighted by atomic mass is 10.1. The number of anilines is 1. The number of amides is 1. The van der Waals surface area contributed by atoms with Gasteiger partial charge < -0.3 is 15.3 Å². The van der Waals surface area contributed by atoms with Crippen LogP contribution in [0, 0.1) is 0 Å². The highest BCUT2D eigenvalue weighted by Gasteiger charge is 2.19. The first-order valence-corrected chi connectivity index (χ1v) is 6.76. The summed E-state index contributed by atoms with van der Waals surface area (Å²) >= 11 is 0. The molecule has 0 fully saturated rings. The Kier molecular flexibility index (Phi) is 6.03. The van der Waals surface area contributed by atoms with E-state index in [2.05, 4.69) is 5.32 Å². The molecule has 1 aromatic carbocycles. The van der Waals surface area contributed by atoms with E-state index in [1.807, 2.05) is 38.1 Å². The van der Waals surface area contributed by atoms with Gasteiger partial charge in [-0.1, -0.05) is 19.8 Å². The molecule has 0 aliphatic heterocycles. The number of nitrogens with zero attached hydrogens (tertiary/aromatic N) is 1. The summed E-state index contributed by atoms with van der Waals surface area (Å²) in [6.07, 6.45) is 2.13. The second kappa shape index (κ2) is 7.53. The topological polar surface area (TPSA) is 69.6 Å². The van der Waals surface area contributed by atoms with Crippen LogP contribution in [0.25, 0.3) is 0 Å². The summed E-state index contributed by atoms with van der Waals surface area (Å²) in [4.78, 5) is 25.0. The van der Waals surface area contributed by atoms with Gasteiger partial charge in [-0.25, -0.2) is 4.79 Å². The van der Waals surface area contributed by atoms with Gasteiger partial charge in [0.2, 0.25) is 0 Å². The molecule has 0 bridgehead atoms. The average molecular weight is 278 g/mol. The molecule has 0 aliphatic rings. The highest BCUT2D eigenvalue weighted by Crippen LogP contribution is 2.12. The maximum atomic E-state index is 12.0. The molecule has 0 spiro atoms. The highest BCUT2D eigenvalue weighted by molar-refractivity contribution is 5.96. The molecule has 1 rings (SSSR count). The van der Waals surface area contributed by atoms with Gasteiger partial charge in [-0.2, -0.15) is 0 Å². The number of hydrogen-bond donors (Lipinski definition) is 2. The van der Waals surface area contributed by atoms with Crippen LogP contribution in [0.2, 0.25) is 0 Å². The van der Waals surface area contributed by atoms with Gasteiger partial charge in [0.05, 0.1) is 0 Å². The van der Waals surface area contributed by atoms with E-state index in [9.17, 15) is 9.59 Å². The molecule has 0 aliphatic carbocycles. The van der Waals surface area contributed by atoms with E-state index in [0.29, 0.717) is 12.0 Å². The van der Waals surface area contributed by atoms with Crippen molar-refractivity contribution in [3.63, 3.8) is 0 Å². The standard InChI is InChI=1S/C15H22N2O3/c1-4-5-6-13(15(19)20)16-14(18)11-7-9-12(10-8-11)17(2)3/h7-10,13H,4-6H2,1-3H3,(H,16,18)(H,19,20)/t13-/m0/s1. The largest absolute Gasteiger partial charge is 0.480 e. The average Bonchev–Trinajstić information content (AvgIpc) is 2.42. The second-order valence-corrected chi connectivity index (χ2v) is 4.95. The first-order chi connectivity index (χ1) is 9.45. The molecule has 2 N–H and O–H groups in total. The molecule has 0 radical (unpaired) electrons. The number of hydrogen-bond acceptors (Lipinski definition) is 3. The van der Waals surface area contributed by atoms with Crippen molar-refractivity contribution in [1.29, 1.82) is 0 Å². The first-order valence-electron chi connectivity index (χ1n) is 6.76. The van der Waals surface area contributed by atoms with Crippen molar-refractivity contribution < 1.29 is 14.7 Å². The summed E-state index contributed by atoms with van der Waals surface area (Å²) < 4.78 is 0. The minimum atomic E-state index is -0.989. The number of carboxylic acid groups (broad SMARTS) is 1. The SMILES string of the molecule is CCCC[C@H](NC(=O)c1ccc(N(C)C)cc1)C(=O)O. The van der Waals surface area contributed by atoms with Gasteiger partial charge in [0.15, 0.2) is 0 Å². The molecule has 1 amide bonds. The first kappa shape index (κ1) is 16.0. The van der Waals surface area contributed by atoms with Crippen molar-refractivity contribution in [2.75, 3.05) is 19.0 Å². The van der Waals surface area contributed by atoms with Crippen LogP contribution < -0.4 is 10.2 Å². The zero-order valence-corrected chi connectivity index (χ0v) is 12.2. The summed E-state index contributed by atoms with van der Waals surface area (Å²) in [6, 6.07) is 6.23. The number of aliphatic carboxylic acids is 1. The maximum absolute atomic E-state index is 12.0. The van der Waals surface area contributed by atoms with Crippen molar-refractivity contribution in [2.24, 2.45) is 0 Å². The van der Waals surface area contributed by atoms with E-state index in [1.165, 1.54) is 0 Å². The van der Waals surface area contributed by atoms with Crippen LogP contribution in [0.4, 0.5) is 5.69 Å². The summed E-state index contributed by atoms with van der Waals surface area (Å²) in [5, 5.41) is 11.7. The summed E-state index contributed by atoms with van der Waals surface area (Å²) in [6.45, 7) is 1.99. The fourth-order valence-corrected chi connectivity index (χ4v) is 1.82. The third-order valence-electron chi connectivity index (χ3n) is 3.10. The molecule has 5 nitrogen and oxygen atoms in total. The molecule has 110 valence electrons. The molecule has 0 saturated carbocycles. The summed E-state index contributed by atoms with van der Waals surface area (Å²) in [5.41, 5.74) is 1.46. The lowest BCUT2D eigenvalue weighted by Gasteiger charge is -2.15. The van der Waals surface area contributed by atoms with Crippen molar-refractivity contribution in [3.05, 3.63) is 29.8 Å². The van der Waals surface area contributed by atoms with Crippen LogP contribution in [0.5, 0.6) is 0 Å². The third-order valence-corrected chi connectivity index (χ3v) is 3.10. The lowest BCUT2D eigenvalue weighted by Crippen LogP contribution is -2.40. The normalized spacial score (nSPS) is 11.8. The minimum Gasteiger partial charge on any atom is -0.480 e. The van der Waals surface area contributed by atoms with Crippen molar-refractivity contribution in [1.82, 2.24) is 5.32 Å². The predicted molar refractivity (Wildman–Crippen MR) is 79.2 cm³/mol. The molecule has 20 heavy (non-hydrogen) atoms. The smallest absolute Gasteiger partial charge is 0.326 e. The Morgan fingerprint density at radius 2 is 1.85 bits per heavy atom. The second-order valence-electron chi connectivity index (χ2n) is 4.95. The van der Waals surface area contributed by atoms with Crippen LogP contribution in [-0.4, -0.2) is 37.1 Å². The Hall–Kier alpha value is -2.04. The van der Waals surface area contributed by atoms with E-state index < -0.39 is 12.0 Å². The molecule has 0 aromatic heterocycles. The minimum absolute atomic E-state index is 0.348. The Morgan fingerprint density at radius 3 is 2.30 bits per heavy atom. The van der Waals surface area contributed by atoms with E-state index in [0.717, 1.165) is 18.5 Å². The van der Waals surface area contributed by atoms with Crippen LogP contribution in [0.1, 0.15) is 36.5 Å². The van der Waals surface area contributed by atoms with Crippen LogP contribution in [0.3, 0.4) is 0 Å². The monoisotopic (exact) mass is 278 g/mol. The molecular weight excluding hydrogens is 256 g/mol. The molecule has 0 saturated heterocycles. The number of nitrogens with one attached hydrogen (secondary N) is 1. The Morgan fingerprint density at radius 1 is 1.25 bits per heavy atom. The van der Waals surface area contributed by atoms with E-state index in [1.54, 1.807) is 12.1 Å². The molecule has 0 unspecified atom stereocenters. The lowest BCUT2D eigenvalue weighted by molar-refractivity contribution is -0.139. The fraction of sp³-hybridized carbons (Fsp3) is 0.467. The Balaban J connectivity index is 2.70.